The van der Waals surface area contributed by atoms with Crippen LogP contribution in [0.25, 0.3) is 10.9 Å². The molecule has 0 saturated carbocycles. The van der Waals surface area contributed by atoms with Crippen LogP contribution in [0, 0.1) is 5.92 Å². The molecule has 0 bridgehead atoms. The van der Waals surface area contributed by atoms with Crippen LogP contribution >= 0.6 is 0 Å². The molecule has 2 heterocycles. The molecule has 1 aliphatic rings. The monoisotopic (exact) mass is 284 g/mol. The van der Waals surface area contributed by atoms with Gasteiger partial charge in [0.1, 0.15) is 0 Å². The van der Waals surface area contributed by atoms with E-state index in [1.54, 1.807) is 0 Å². The summed E-state index contributed by atoms with van der Waals surface area (Å²) in [6, 6.07) is 10.9. The smallest absolute Gasteiger partial charge is 0.0702 e. The summed E-state index contributed by atoms with van der Waals surface area (Å²) in [5.41, 5.74) is 2.34. The Morgan fingerprint density at radius 3 is 3.00 bits per heavy atom. The minimum absolute atomic E-state index is 0.311. The van der Waals surface area contributed by atoms with Gasteiger partial charge in [0.25, 0.3) is 0 Å². The molecule has 1 aliphatic heterocycles. The Kier molecular flexibility index (Phi) is 4.51. The van der Waals surface area contributed by atoms with Crippen molar-refractivity contribution in [2.45, 2.75) is 38.8 Å². The van der Waals surface area contributed by atoms with E-state index in [1.807, 2.05) is 12.3 Å². The molecule has 1 saturated heterocycles. The second-order valence-electron chi connectivity index (χ2n) is 5.92. The number of benzene rings is 1. The van der Waals surface area contributed by atoms with Gasteiger partial charge in [-0.15, -0.1) is 0 Å². The molecule has 2 aromatic rings. The lowest BCUT2D eigenvalue weighted by atomic mass is 9.88. The molecule has 112 valence electrons. The molecule has 3 atom stereocenters. The molecular weight excluding hydrogens is 260 g/mol. The van der Waals surface area contributed by atoms with Crippen LogP contribution in [0.3, 0.4) is 0 Å². The Bertz CT molecular complexity index is 599. The Morgan fingerprint density at radius 1 is 1.38 bits per heavy atom. The SMILES string of the molecule is CCCNC(c1cnc2ccccc2c1)C1CCOC1C. The maximum atomic E-state index is 5.77. The standard InChI is InChI=1S/C18H24N2O/c1-3-9-19-18(16-8-10-21-13(16)2)15-11-14-6-4-5-7-17(14)20-12-15/h4-7,11-13,16,18-19H,3,8-10H2,1-2H3. The molecule has 3 heteroatoms. The summed E-state index contributed by atoms with van der Waals surface area (Å²) in [4.78, 5) is 4.63. The summed E-state index contributed by atoms with van der Waals surface area (Å²) in [6.45, 7) is 6.29. The number of para-hydroxylation sites is 1. The topological polar surface area (TPSA) is 34.2 Å². The molecule has 0 radical (unpaired) electrons. The number of pyridine rings is 1. The molecular formula is C18H24N2O. The lowest BCUT2D eigenvalue weighted by molar-refractivity contribution is 0.0953. The fraction of sp³-hybridized carbons (Fsp3) is 0.500. The molecule has 21 heavy (non-hydrogen) atoms. The van der Waals surface area contributed by atoms with Gasteiger partial charge in [0.05, 0.1) is 11.6 Å². The number of aromatic nitrogens is 1. The highest BCUT2D eigenvalue weighted by atomic mass is 16.5. The summed E-state index contributed by atoms with van der Waals surface area (Å²) >= 11 is 0. The van der Waals surface area contributed by atoms with Crippen molar-refractivity contribution in [2.75, 3.05) is 13.2 Å². The van der Waals surface area contributed by atoms with Crippen LogP contribution in [0.15, 0.2) is 36.5 Å². The molecule has 1 aromatic heterocycles. The fourth-order valence-electron chi connectivity index (χ4n) is 3.26. The first-order chi connectivity index (χ1) is 10.3. The fourth-order valence-corrected chi connectivity index (χ4v) is 3.26. The predicted octanol–water partition coefficient (Wildman–Crippen LogP) is 3.70. The minimum Gasteiger partial charge on any atom is -0.378 e. The van der Waals surface area contributed by atoms with Crippen molar-refractivity contribution in [3.63, 3.8) is 0 Å². The van der Waals surface area contributed by atoms with Gasteiger partial charge < -0.3 is 10.1 Å². The van der Waals surface area contributed by atoms with E-state index in [1.165, 1.54) is 10.9 Å². The van der Waals surface area contributed by atoms with Crippen molar-refractivity contribution in [1.82, 2.24) is 10.3 Å². The van der Waals surface area contributed by atoms with Gasteiger partial charge in [-0.05, 0) is 44.0 Å². The summed E-state index contributed by atoms with van der Waals surface area (Å²) in [5.74, 6) is 0.527. The lowest BCUT2D eigenvalue weighted by Crippen LogP contribution is -2.32. The molecule has 0 spiro atoms. The van der Waals surface area contributed by atoms with Crippen LogP contribution in [0.4, 0.5) is 0 Å². The highest BCUT2D eigenvalue weighted by Crippen LogP contribution is 2.33. The Hall–Kier alpha value is -1.45. The summed E-state index contributed by atoms with van der Waals surface area (Å²) in [5, 5.41) is 4.92. The van der Waals surface area contributed by atoms with Crippen LogP contribution < -0.4 is 5.32 Å². The van der Waals surface area contributed by atoms with Gasteiger partial charge >= 0.3 is 0 Å². The van der Waals surface area contributed by atoms with Crippen molar-refractivity contribution in [3.8, 4) is 0 Å². The van der Waals surface area contributed by atoms with Gasteiger partial charge in [-0.3, -0.25) is 4.98 Å². The van der Waals surface area contributed by atoms with Gasteiger partial charge in [0.2, 0.25) is 0 Å². The van der Waals surface area contributed by atoms with Gasteiger partial charge in [0.15, 0.2) is 0 Å². The normalized spacial score (nSPS) is 23.5. The maximum absolute atomic E-state index is 5.77. The molecule has 3 rings (SSSR count). The summed E-state index contributed by atoms with van der Waals surface area (Å²) < 4.78 is 5.77. The van der Waals surface area contributed by atoms with Crippen molar-refractivity contribution in [2.24, 2.45) is 5.92 Å². The number of ether oxygens (including phenoxy) is 1. The van der Waals surface area contributed by atoms with Crippen molar-refractivity contribution in [3.05, 3.63) is 42.1 Å². The highest BCUT2D eigenvalue weighted by molar-refractivity contribution is 5.78. The van der Waals surface area contributed by atoms with E-state index in [9.17, 15) is 0 Å². The quantitative estimate of drug-likeness (QED) is 0.909. The molecule has 0 amide bonds. The van der Waals surface area contributed by atoms with E-state index in [4.69, 9.17) is 4.74 Å². The van der Waals surface area contributed by atoms with Crippen LogP contribution in [0.2, 0.25) is 0 Å². The number of nitrogens with one attached hydrogen (secondary N) is 1. The molecule has 1 aromatic carbocycles. The van der Waals surface area contributed by atoms with Gasteiger partial charge in [-0.25, -0.2) is 0 Å². The average molecular weight is 284 g/mol. The Labute approximate surface area is 126 Å². The summed E-state index contributed by atoms with van der Waals surface area (Å²) in [6.07, 6.45) is 4.60. The average Bonchev–Trinajstić information content (AvgIpc) is 2.94. The number of hydrogen-bond donors (Lipinski definition) is 1. The first kappa shape index (κ1) is 14.5. The first-order valence-electron chi connectivity index (χ1n) is 7.99. The zero-order valence-corrected chi connectivity index (χ0v) is 12.9. The number of nitrogens with zero attached hydrogens (tertiary/aromatic N) is 1. The van der Waals surface area contributed by atoms with Crippen LogP contribution in [0.1, 0.15) is 38.3 Å². The van der Waals surface area contributed by atoms with Crippen LogP contribution in [0.5, 0.6) is 0 Å². The van der Waals surface area contributed by atoms with Crippen LogP contribution in [-0.2, 0) is 4.74 Å². The van der Waals surface area contributed by atoms with Crippen molar-refractivity contribution in [1.29, 1.82) is 0 Å². The highest BCUT2D eigenvalue weighted by Gasteiger charge is 2.32. The second kappa shape index (κ2) is 6.54. The first-order valence-corrected chi connectivity index (χ1v) is 7.99. The van der Waals surface area contributed by atoms with E-state index >= 15 is 0 Å². The predicted molar refractivity (Wildman–Crippen MR) is 86.3 cm³/mol. The Morgan fingerprint density at radius 2 is 2.24 bits per heavy atom. The molecule has 1 fully saturated rings. The van der Waals surface area contributed by atoms with Crippen LogP contribution in [-0.4, -0.2) is 24.2 Å². The zero-order chi connectivity index (χ0) is 14.7. The van der Waals surface area contributed by atoms with E-state index in [0.717, 1.165) is 31.5 Å². The van der Waals surface area contributed by atoms with Gasteiger partial charge in [-0.2, -0.15) is 0 Å². The van der Waals surface area contributed by atoms with E-state index < -0.39 is 0 Å². The molecule has 0 aliphatic carbocycles. The van der Waals surface area contributed by atoms with E-state index in [-0.39, 0.29) is 0 Å². The zero-order valence-electron chi connectivity index (χ0n) is 12.9. The summed E-state index contributed by atoms with van der Waals surface area (Å²) in [7, 11) is 0. The van der Waals surface area contributed by atoms with E-state index in [2.05, 4.69) is 48.4 Å². The van der Waals surface area contributed by atoms with Gasteiger partial charge in [0, 0.05) is 30.1 Å². The third-order valence-corrected chi connectivity index (χ3v) is 4.45. The lowest BCUT2D eigenvalue weighted by Gasteiger charge is -2.27. The molecule has 3 nitrogen and oxygen atoms in total. The van der Waals surface area contributed by atoms with Crippen molar-refractivity contribution < 1.29 is 4.74 Å². The molecule has 3 unspecified atom stereocenters. The van der Waals surface area contributed by atoms with Crippen molar-refractivity contribution >= 4 is 10.9 Å². The number of hydrogen-bond acceptors (Lipinski definition) is 3. The number of rotatable bonds is 5. The Balaban J connectivity index is 1.92. The van der Waals surface area contributed by atoms with Gasteiger partial charge in [-0.1, -0.05) is 25.1 Å². The number of fused-ring (bicyclic) bond motifs is 1. The maximum Gasteiger partial charge on any atom is 0.0702 e. The second-order valence-corrected chi connectivity index (χ2v) is 5.92. The van der Waals surface area contributed by atoms with E-state index in [0.29, 0.717) is 18.1 Å². The third-order valence-electron chi connectivity index (χ3n) is 4.45. The minimum atomic E-state index is 0.311. The third kappa shape index (κ3) is 3.09. The largest absolute Gasteiger partial charge is 0.378 e. The molecule has 1 N–H and O–H groups in total.